The molecule has 0 radical (unpaired) electrons. The highest BCUT2D eigenvalue weighted by Crippen LogP contribution is 2.52. The van der Waals surface area contributed by atoms with E-state index in [2.05, 4.69) is 19.9 Å². The molecule has 3 aromatic rings. The van der Waals surface area contributed by atoms with E-state index in [9.17, 15) is 36.1 Å². The number of fused-ring (bicyclic) bond motifs is 1. The predicted octanol–water partition coefficient (Wildman–Crippen LogP) is 3.97. The molecule has 39 heavy (non-hydrogen) atoms. The quantitative estimate of drug-likeness (QED) is 0.326. The second-order valence-corrected chi connectivity index (χ2v) is 13.3. The van der Waals surface area contributed by atoms with Gasteiger partial charge in [0, 0.05) is 30.3 Å². The highest BCUT2D eigenvalue weighted by atomic mass is 32.2. The normalized spacial score (nSPS) is 18.2. The van der Waals surface area contributed by atoms with E-state index in [1.54, 1.807) is 16.8 Å². The molecule has 1 aliphatic heterocycles. The smallest absolute Gasteiger partial charge is 0.391 e. The third-order valence-electron chi connectivity index (χ3n) is 5.83. The summed E-state index contributed by atoms with van der Waals surface area (Å²) in [6.45, 7) is 0.563. The summed E-state index contributed by atoms with van der Waals surface area (Å²) in [7, 11) is -6.67. The summed E-state index contributed by atoms with van der Waals surface area (Å²) in [6, 6.07) is 5.61. The lowest BCUT2D eigenvalue weighted by atomic mass is 10.1. The molecule has 2 aromatic heterocycles. The van der Waals surface area contributed by atoms with E-state index in [1.807, 2.05) is 0 Å². The average molecular weight is 606 g/mol. The van der Waals surface area contributed by atoms with E-state index in [1.165, 1.54) is 29.5 Å². The third kappa shape index (κ3) is 6.03. The van der Waals surface area contributed by atoms with Crippen molar-refractivity contribution in [3.05, 3.63) is 50.9 Å². The Hall–Kier alpha value is -3.20. The van der Waals surface area contributed by atoms with Crippen molar-refractivity contribution in [2.45, 2.75) is 26.1 Å². The van der Waals surface area contributed by atoms with E-state index in [-0.39, 0.29) is 28.2 Å². The van der Waals surface area contributed by atoms with E-state index >= 15 is 0 Å². The molecule has 0 saturated carbocycles. The van der Waals surface area contributed by atoms with Crippen molar-refractivity contribution in [3.8, 4) is 17.0 Å². The van der Waals surface area contributed by atoms with Crippen LogP contribution in [0.1, 0.15) is 18.9 Å². The molecule has 0 fully saturated rings. The summed E-state index contributed by atoms with van der Waals surface area (Å²) in [5, 5.41) is 21.3. The Bertz CT molecular complexity index is 1660. The van der Waals surface area contributed by atoms with Crippen LogP contribution in [-0.2, 0) is 25.7 Å². The monoisotopic (exact) mass is 605 g/mol. The van der Waals surface area contributed by atoms with Crippen molar-refractivity contribution in [2.75, 3.05) is 23.4 Å². The van der Waals surface area contributed by atoms with Gasteiger partial charge in [0.1, 0.15) is 11.3 Å². The Morgan fingerprint density at radius 3 is 2.62 bits per heavy atom. The molecule has 0 saturated heterocycles. The number of aromatic nitrogens is 2. The van der Waals surface area contributed by atoms with Crippen LogP contribution < -0.4 is 20.9 Å². The zero-order valence-corrected chi connectivity index (χ0v) is 23.2. The molecule has 0 spiro atoms. The van der Waals surface area contributed by atoms with Gasteiger partial charge in [-0.15, -0.1) is 0 Å². The van der Waals surface area contributed by atoms with Crippen LogP contribution in [0.5, 0.6) is 5.75 Å². The number of alkyl halides is 3. The number of aromatic hydroxyl groups is 1. The van der Waals surface area contributed by atoms with Gasteiger partial charge in [0.15, 0.2) is 11.6 Å². The number of aryl methyl sites for hydroxylation is 1. The molecule has 2 atom stereocenters. The van der Waals surface area contributed by atoms with Gasteiger partial charge in [-0.1, -0.05) is 6.92 Å². The third-order valence-corrected chi connectivity index (χ3v) is 9.06. The fraction of sp³-hybridized carbons (Fsp3) is 0.318. The molecule has 3 N–H and O–H groups in total. The predicted molar refractivity (Wildman–Crippen MR) is 143 cm³/mol. The SMILES string of the molecule is COP1(=O)N=C(c2c(O)c(-c3ccsc3)nn(CCC(C)C(F)(F)F)c2=O)Nc2ccc(NS(C)(=O)=O)cc21. The van der Waals surface area contributed by atoms with Crippen molar-refractivity contribution >= 4 is 51.4 Å². The fourth-order valence-corrected chi connectivity index (χ4v) is 6.47. The first-order valence-corrected chi connectivity index (χ1v) is 15.6. The number of benzene rings is 1. The Morgan fingerprint density at radius 1 is 1.31 bits per heavy atom. The maximum absolute atomic E-state index is 13.7. The number of nitrogens with zero attached hydrogens (tertiary/aromatic N) is 3. The van der Waals surface area contributed by atoms with Crippen molar-refractivity contribution in [2.24, 2.45) is 10.7 Å². The van der Waals surface area contributed by atoms with Gasteiger partial charge in [-0.2, -0.15) is 34.4 Å². The summed E-state index contributed by atoms with van der Waals surface area (Å²) in [5.74, 6) is -2.70. The number of rotatable bonds is 8. The first kappa shape index (κ1) is 28.8. The van der Waals surface area contributed by atoms with Crippen LogP contribution in [-0.4, -0.2) is 48.7 Å². The van der Waals surface area contributed by atoms with Gasteiger partial charge in [0.25, 0.3) is 5.56 Å². The largest absolute Gasteiger partial charge is 0.505 e. The Balaban J connectivity index is 1.86. The number of amidine groups is 1. The van der Waals surface area contributed by atoms with E-state index < -0.39 is 59.5 Å². The molecule has 0 bridgehead atoms. The number of sulfonamides is 1. The second-order valence-electron chi connectivity index (χ2n) is 8.73. The average Bonchev–Trinajstić information content (AvgIpc) is 3.37. The minimum atomic E-state index is -4.48. The molecular formula is C22H23F3N5O6PS2. The zero-order chi connectivity index (χ0) is 28.8. The lowest BCUT2D eigenvalue weighted by molar-refractivity contribution is -0.171. The van der Waals surface area contributed by atoms with Crippen LogP contribution in [0.4, 0.5) is 24.5 Å². The first-order valence-electron chi connectivity index (χ1n) is 11.2. The molecule has 2 unspecified atom stereocenters. The van der Waals surface area contributed by atoms with E-state index in [0.29, 0.717) is 5.56 Å². The van der Waals surface area contributed by atoms with Gasteiger partial charge in [-0.25, -0.2) is 13.1 Å². The Kier molecular flexibility index (Phi) is 7.69. The number of anilines is 2. The minimum absolute atomic E-state index is 0.00617. The molecule has 1 aromatic carbocycles. The molecule has 11 nitrogen and oxygen atoms in total. The van der Waals surface area contributed by atoms with Crippen LogP contribution in [0.25, 0.3) is 11.3 Å². The van der Waals surface area contributed by atoms with Crippen LogP contribution in [0.3, 0.4) is 0 Å². The van der Waals surface area contributed by atoms with Crippen molar-refractivity contribution in [3.63, 3.8) is 0 Å². The highest BCUT2D eigenvalue weighted by Gasteiger charge is 2.37. The molecule has 210 valence electrons. The minimum Gasteiger partial charge on any atom is -0.505 e. The molecule has 0 aliphatic carbocycles. The zero-order valence-electron chi connectivity index (χ0n) is 20.7. The molecule has 0 amide bonds. The van der Waals surface area contributed by atoms with Gasteiger partial charge < -0.3 is 14.9 Å². The summed E-state index contributed by atoms with van der Waals surface area (Å²) in [5.41, 5.74) is -0.878. The second kappa shape index (κ2) is 10.4. The topological polar surface area (TPSA) is 152 Å². The number of nitrogens with one attached hydrogen (secondary N) is 2. The molecule has 1 aliphatic rings. The summed E-state index contributed by atoms with van der Waals surface area (Å²) in [6.07, 6.45) is -4.00. The number of hydrogen-bond acceptors (Lipinski definition) is 9. The number of halogens is 3. The van der Waals surface area contributed by atoms with Crippen molar-refractivity contribution in [1.29, 1.82) is 0 Å². The highest BCUT2D eigenvalue weighted by molar-refractivity contribution is 7.92. The maximum atomic E-state index is 13.7. The van der Waals surface area contributed by atoms with Crippen LogP contribution in [0.15, 0.2) is 44.6 Å². The standard InChI is InChI=1S/C22H23F3N5O6PS2/c1-12(22(23,24)25)6-8-30-21(32)17(19(31)18(27-30)13-7-9-38-11-13)20-26-15-5-4-14(29-39(3,34)35)10-16(15)37(33,28-20)36-2/h4-5,7,9-12,29,31H,6,8H2,1-3H3,(H,26,28,33). The van der Waals surface area contributed by atoms with Crippen LogP contribution in [0.2, 0.25) is 0 Å². The van der Waals surface area contributed by atoms with Gasteiger partial charge in [0.2, 0.25) is 10.0 Å². The Morgan fingerprint density at radius 2 is 2.03 bits per heavy atom. The lowest BCUT2D eigenvalue weighted by Crippen LogP contribution is -2.35. The maximum Gasteiger partial charge on any atom is 0.391 e. The van der Waals surface area contributed by atoms with Crippen molar-refractivity contribution < 1.29 is 35.8 Å². The van der Waals surface area contributed by atoms with E-state index in [0.717, 1.165) is 25.0 Å². The van der Waals surface area contributed by atoms with Gasteiger partial charge in [0.05, 0.1) is 23.2 Å². The van der Waals surface area contributed by atoms with Gasteiger partial charge >= 0.3 is 13.7 Å². The first-order chi connectivity index (χ1) is 18.1. The molecule has 4 rings (SSSR count). The number of hydrogen-bond donors (Lipinski definition) is 3. The van der Waals surface area contributed by atoms with Crippen LogP contribution in [0, 0.1) is 5.92 Å². The summed E-state index contributed by atoms with van der Waals surface area (Å²) < 4.78 is 88.7. The molecule has 3 heterocycles. The Labute approximate surface area is 224 Å². The van der Waals surface area contributed by atoms with Crippen molar-refractivity contribution in [1.82, 2.24) is 9.78 Å². The fourth-order valence-electron chi connectivity index (χ4n) is 3.74. The summed E-state index contributed by atoms with van der Waals surface area (Å²) >= 11 is 1.27. The number of thiophene rings is 1. The van der Waals surface area contributed by atoms with E-state index in [4.69, 9.17) is 4.52 Å². The van der Waals surface area contributed by atoms with Gasteiger partial charge in [-0.05, 0) is 36.1 Å². The van der Waals surface area contributed by atoms with Gasteiger partial charge in [-0.3, -0.25) is 14.1 Å². The molecular weight excluding hydrogens is 582 g/mol. The lowest BCUT2D eigenvalue weighted by Gasteiger charge is -2.25. The van der Waals surface area contributed by atoms with Crippen LogP contribution >= 0.6 is 18.9 Å². The summed E-state index contributed by atoms with van der Waals surface area (Å²) in [4.78, 5) is 13.4. The molecule has 17 heteroatoms.